The lowest BCUT2D eigenvalue weighted by Gasteiger charge is -2.12. The Balaban J connectivity index is 2.29. The molecule has 0 fully saturated rings. The summed E-state index contributed by atoms with van der Waals surface area (Å²) in [4.78, 5) is 26.1. The molecule has 142 valence electrons. The zero-order valence-corrected chi connectivity index (χ0v) is 15.5. The minimum atomic E-state index is -0.640. The number of nitrogens with zero attached hydrogens (tertiary/aromatic N) is 3. The fourth-order valence-electron chi connectivity index (χ4n) is 2.39. The number of aromatic nitrogens is 1. The van der Waals surface area contributed by atoms with Gasteiger partial charge in [-0.25, -0.2) is 9.18 Å². The maximum absolute atomic E-state index is 13.8. The van der Waals surface area contributed by atoms with Gasteiger partial charge in [-0.05, 0) is 31.5 Å². The third-order valence-electron chi connectivity index (χ3n) is 3.74. The second-order valence-electron chi connectivity index (χ2n) is 5.50. The minimum absolute atomic E-state index is 0.0128. The Morgan fingerprint density at radius 2 is 1.96 bits per heavy atom. The van der Waals surface area contributed by atoms with Crippen LogP contribution in [-0.4, -0.2) is 36.6 Å². The van der Waals surface area contributed by atoms with Crippen LogP contribution in [0.4, 0.5) is 4.39 Å². The van der Waals surface area contributed by atoms with E-state index in [4.69, 9.17) is 14.4 Å². The normalized spacial score (nSPS) is 11.9. The number of methoxy groups -OCH3 is 1. The molecule has 2 aromatic rings. The number of hydrogen-bond acceptors (Lipinski definition) is 7. The second kappa shape index (κ2) is 9.42. The quantitative estimate of drug-likeness (QED) is 0.423. The van der Waals surface area contributed by atoms with Crippen LogP contribution in [0.15, 0.2) is 46.8 Å². The van der Waals surface area contributed by atoms with Crippen LogP contribution < -0.4 is 0 Å². The zero-order valence-electron chi connectivity index (χ0n) is 15.5. The maximum atomic E-state index is 13.8. The van der Waals surface area contributed by atoms with Crippen LogP contribution >= 0.6 is 0 Å². The summed E-state index contributed by atoms with van der Waals surface area (Å²) in [6.07, 6.45) is 1.47. The number of pyridine rings is 1. The number of halogens is 1. The Bertz CT molecular complexity index is 881. The number of benzene rings is 1. The summed E-state index contributed by atoms with van der Waals surface area (Å²) in [7, 11) is 2.60. The standard InChI is InChI=1S/C19H20FN3O4/c1-12-7-5-8-14(18(23-26-4)19(24)25-3)15(12)11-27-22-13(2)17-16(20)9-6-10-21-17/h5-10H,11H2,1-4H3/b22-13+,23-18+. The van der Waals surface area contributed by atoms with Gasteiger partial charge in [0.2, 0.25) is 0 Å². The first-order valence-electron chi connectivity index (χ1n) is 8.05. The van der Waals surface area contributed by atoms with Gasteiger partial charge in [0.15, 0.2) is 11.5 Å². The smallest absolute Gasteiger partial charge is 0.360 e. The van der Waals surface area contributed by atoms with E-state index in [1.54, 1.807) is 19.1 Å². The van der Waals surface area contributed by atoms with Gasteiger partial charge in [-0.1, -0.05) is 28.5 Å². The number of rotatable bonds is 7. The molecule has 27 heavy (non-hydrogen) atoms. The van der Waals surface area contributed by atoms with E-state index in [9.17, 15) is 9.18 Å². The van der Waals surface area contributed by atoms with Crippen LogP contribution in [-0.2, 0) is 25.8 Å². The van der Waals surface area contributed by atoms with Gasteiger partial charge >= 0.3 is 5.97 Å². The van der Waals surface area contributed by atoms with Crippen LogP contribution in [0.25, 0.3) is 0 Å². The molecule has 0 aliphatic carbocycles. The Morgan fingerprint density at radius 1 is 1.19 bits per heavy atom. The average Bonchev–Trinajstić information content (AvgIpc) is 2.67. The molecule has 1 aromatic carbocycles. The SMILES string of the molecule is CO/N=C(/C(=O)OC)c1cccc(C)c1CO/N=C(\C)c1ncccc1F. The van der Waals surface area contributed by atoms with Gasteiger partial charge < -0.3 is 14.4 Å². The third kappa shape index (κ3) is 4.87. The first kappa shape index (κ1) is 20.0. The second-order valence-corrected chi connectivity index (χ2v) is 5.50. The number of hydrogen-bond donors (Lipinski definition) is 0. The van der Waals surface area contributed by atoms with Gasteiger partial charge in [0.05, 0.1) is 7.11 Å². The number of oxime groups is 2. The molecule has 0 amide bonds. The van der Waals surface area contributed by atoms with Gasteiger partial charge in [0.25, 0.3) is 0 Å². The predicted molar refractivity (Wildman–Crippen MR) is 97.9 cm³/mol. The number of ether oxygens (including phenoxy) is 1. The van der Waals surface area contributed by atoms with Gasteiger partial charge in [0, 0.05) is 17.3 Å². The molecule has 1 heterocycles. The topological polar surface area (TPSA) is 82.4 Å². The fourth-order valence-corrected chi connectivity index (χ4v) is 2.39. The predicted octanol–water partition coefficient (Wildman–Crippen LogP) is 2.99. The Morgan fingerprint density at radius 3 is 2.63 bits per heavy atom. The number of carbonyl (C=O) groups is 1. The number of aryl methyl sites for hydroxylation is 1. The summed E-state index contributed by atoms with van der Waals surface area (Å²) < 4.78 is 18.5. The molecule has 0 bridgehead atoms. The molecule has 0 radical (unpaired) electrons. The van der Waals surface area contributed by atoms with Crippen molar-refractivity contribution in [1.82, 2.24) is 4.98 Å². The summed E-state index contributed by atoms with van der Waals surface area (Å²) in [6.45, 7) is 3.49. The van der Waals surface area contributed by atoms with Crippen molar-refractivity contribution in [2.45, 2.75) is 20.5 Å². The summed E-state index contributed by atoms with van der Waals surface area (Å²) >= 11 is 0. The van der Waals surface area contributed by atoms with E-state index < -0.39 is 11.8 Å². The summed E-state index contributed by atoms with van der Waals surface area (Å²) in [6, 6.07) is 8.13. The highest BCUT2D eigenvalue weighted by Gasteiger charge is 2.20. The van der Waals surface area contributed by atoms with E-state index in [1.165, 1.54) is 32.5 Å². The van der Waals surface area contributed by atoms with E-state index in [0.717, 1.165) is 5.56 Å². The molecule has 0 N–H and O–H groups in total. The molecule has 1 aromatic heterocycles. The van der Waals surface area contributed by atoms with Crippen molar-refractivity contribution in [3.05, 3.63) is 64.7 Å². The van der Waals surface area contributed by atoms with Crippen molar-refractivity contribution < 1.29 is 23.6 Å². The lowest BCUT2D eigenvalue weighted by molar-refractivity contribution is -0.132. The van der Waals surface area contributed by atoms with Crippen molar-refractivity contribution in [2.24, 2.45) is 10.3 Å². The van der Waals surface area contributed by atoms with Crippen molar-refractivity contribution in [1.29, 1.82) is 0 Å². The van der Waals surface area contributed by atoms with Crippen molar-refractivity contribution in [3.8, 4) is 0 Å². The number of carbonyl (C=O) groups excluding carboxylic acids is 1. The maximum Gasteiger partial charge on any atom is 0.360 e. The molecule has 0 unspecified atom stereocenters. The largest absolute Gasteiger partial charge is 0.464 e. The zero-order chi connectivity index (χ0) is 19.8. The molecule has 0 aliphatic heterocycles. The monoisotopic (exact) mass is 373 g/mol. The number of esters is 1. The van der Waals surface area contributed by atoms with Crippen molar-refractivity contribution >= 4 is 17.4 Å². The van der Waals surface area contributed by atoms with E-state index >= 15 is 0 Å². The summed E-state index contributed by atoms with van der Waals surface area (Å²) in [5.41, 5.74) is 2.45. The summed E-state index contributed by atoms with van der Waals surface area (Å²) in [5.74, 6) is -1.13. The molecule has 7 nitrogen and oxygen atoms in total. The molecular formula is C19H20FN3O4. The molecule has 0 spiro atoms. The van der Waals surface area contributed by atoms with Gasteiger partial charge in [-0.2, -0.15) is 0 Å². The third-order valence-corrected chi connectivity index (χ3v) is 3.74. The minimum Gasteiger partial charge on any atom is -0.464 e. The fraction of sp³-hybridized carbons (Fsp3) is 0.263. The molecule has 0 aliphatic rings. The molecule has 2 rings (SSSR count). The summed E-state index contributed by atoms with van der Waals surface area (Å²) in [5, 5.41) is 7.69. The Labute approximate surface area is 156 Å². The van der Waals surface area contributed by atoms with Crippen molar-refractivity contribution in [3.63, 3.8) is 0 Å². The molecular weight excluding hydrogens is 353 g/mol. The highest BCUT2D eigenvalue weighted by Crippen LogP contribution is 2.18. The van der Waals surface area contributed by atoms with E-state index in [1.807, 2.05) is 13.0 Å². The molecule has 0 atom stereocenters. The Kier molecular flexibility index (Phi) is 6.99. The average molecular weight is 373 g/mol. The van der Waals surface area contributed by atoms with Crippen LogP contribution in [0, 0.1) is 12.7 Å². The first-order chi connectivity index (χ1) is 13.0. The van der Waals surface area contributed by atoms with Crippen LogP contribution in [0.3, 0.4) is 0 Å². The van der Waals surface area contributed by atoms with Crippen LogP contribution in [0.5, 0.6) is 0 Å². The molecule has 0 saturated carbocycles. The highest BCUT2D eigenvalue weighted by molar-refractivity contribution is 6.43. The van der Waals surface area contributed by atoms with E-state index in [0.29, 0.717) is 16.8 Å². The van der Waals surface area contributed by atoms with Gasteiger partial charge in [0.1, 0.15) is 25.1 Å². The van der Waals surface area contributed by atoms with E-state index in [2.05, 4.69) is 15.3 Å². The lowest BCUT2D eigenvalue weighted by atomic mass is 9.99. The van der Waals surface area contributed by atoms with Crippen LogP contribution in [0.2, 0.25) is 0 Å². The first-order valence-corrected chi connectivity index (χ1v) is 8.05. The Hall–Kier alpha value is -3.29. The van der Waals surface area contributed by atoms with Crippen LogP contribution in [0.1, 0.15) is 29.3 Å². The lowest BCUT2D eigenvalue weighted by Crippen LogP contribution is -2.20. The molecule has 8 heteroatoms. The van der Waals surface area contributed by atoms with Gasteiger partial charge in [-0.15, -0.1) is 0 Å². The van der Waals surface area contributed by atoms with Gasteiger partial charge in [-0.3, -0.25) is 4.98 Å². The van der Waals surface area contributed by atoms with E-state index in [-0.39, 0.29) is 18.0 Å². The molecule has 0 saturated heterocycles. The highest BCUT2D eigenvalue weighted by atomic mass is 19.1. The van der Waals surface area contributed by atoms with Crippen molar-refractivity contribution in [2.75, 3.05) is 14.2 Å².